The van der Waals surface area contributed by atoms with Crippen molar-refractivity contribution >= 4 is 11.6 Å². The largest absolute Gasteiger partial charge is 0.325 e. The van der Waals surface area contributed by atoms with Crippen LogP contribution in [0.25, 0.3) is 0 Å². The van der Waals surface area contributed by atoms with Crippen molar-refractivity contribution in [2.24, 2.45) is 0 Å². The van der Waals surface area contributed by atoms with Crippen molar-refractivity contribution in [2.75, 3.05) is 25.0 Å². The highest BCUT2D eigenvalue weighted by atomic mass is 16.2. The van der Waals surface area contributed by atoms with Gasteiger partial charge in [0.1, 0.15) is 0 Å². The van der Waals surface area contributed by atoms with Gasteiger partial charge >= 0.3 is 0 Å². The Morgan fingerprint density at radius 2 is 1.74 bits per heavy atom. The van der Waals surface area contributed by atoms with Crippen LogP contribution in [0, 0.1) is 0 Å². The molecule has 0 atom stereocenters. The summed E-state index contributed by atoms with van der Waals surface area (Å²) in [7, 11) is 0. The van der Waals surface area contributed by atoms with Gasteiger partial charge in [0.25, 0.3) is 0 Å². The van der Waals surface area contributed by atoms with Crippen LogP contribution in [0.5, 0.6) is 0 Å². The average Bonchev–Trinajstić information content (AvgIpc) is 2.40. The summed E-state index contributed by atoms with van der Waals surface area (Å²) in [6, 6.07) is 8.01. The lowest BCUT2D eigenvalue weighted by Crippen LogP contribution is -2.34. The number of anilines is 1. The number of carbonyl (C=O) groups excluding carboxylic acids is 1. The van der Waals surface area contributed by atoms with Crippen LogP contribution < -0.4 is 5.32 Å². The van der Waals surface area contributed by atoms with Gasteiger partial charge in [-0.2, -0.15) is 0 Å². The number of nitrogens with zero attached hydrogens (tertiary/aromatic N) is 1. The lowest BCUT2D eigenvalue weighted by atomic mass is 10.1. The zero-order valence-corrected chi connectivity index (χ0v) is 12.4. The van der Waals surface area contributed by atoms with Crippen molar-refractivity contribution in [3.63, 3.8) is 0 Å². The molecule has 0 heterocycles. The Balaban J connectivity index is 2.58. The van der Waals surface area contributed by atoms with Crippen LogP contribution in [0.2, 0.25) is 0 Å². The van der Waals surface area contributed by atoms with Gasteiger partial charge in [-0.3, -0.25) is 9.69 Å². The molecule has 0 saturated heterocycles. The predicted octanol–water partition coefficient (Wildman–Crippen LogP) is 3.31. The SMILES string of the molecule is CCCN(CCC)CC(=O)Nc1ccccc1CC. The molecule has 0 aromatic heterocycles. The Bertz CT molecular complexity index is 384. The van der Waals surface area contributed by atoms with Gasteiger partial charge in [0, 0.05) is 5.69 Å². The molecule has 0 bridgehead atoms. The summed E-state index contributed by atoms with van der Waals surface area (Å²) in [5.41, 5.74) is 2.14. The van der Waals surface area contributed by atoms with Crippen molar-refractivity contribution in [1.82, 2.24) is 4.90 Å². The number of rotatable bonds is 8. The van der Waals surface area contributed by atoms with Crippen molar-refractivity contribution < 1.29 is 4.79 Å². The molecule has 1 aromatic rings. The second kappa shape index (κ2) is 8.70. The highest BCUT2D eigenvalue weighted by Gasteiger charge is 2.10. The first-order valence-electron chi connectivity index (χ1n) is 7.31. The molecule has 3 nitrogen and oxygen atoms in total. The number of para-hydroxylation sites is 1. The van der Waals surface area contributed by atoms with E-state index in [1.165, 1.54) is 5.56 Å². The Morgan fingerprint density at radius 1 is 1.11 bits per heavy atom. The molecule has 0 spiro atoms. The molecule has 0 unspecified atom stereocenters. The highest BCUT2D eigenvalue weighted by molar-refractivity contribution is 5.92. The smallest absolute Gasteiger partial charge is 0.238 e. The van der Waals surface area contributed by atoms with E-state index in [1.54, 1.807) is 0 Å². The fourth-order valence-corrected chi connectivity index (χ4v) is 2.25. The normalized spacial score (nSPS) is 10.7. The molecule has 1 aromatic carbocycles. The van der Waals surface area contributed by atoms with E-state index in [9.17, 15) is 4.79 Å². The molecule has 0 fully saturated rings. The number of carbonyl (C=O) groups is 1. The number of benzene rings is 1. The first-order valence-corrected chi connectivity index (χ1v) is 7.31. The van der Waals surface area contributed by atoms with Gasteiger partial charge in [0.15, 0.2) is 0 Å². The average molecular weight is 262 g/mol. The van der Waals surface area contributed by atoms with Gasteiger partial charge in [-0.05, 0) is 44.0 Å². The summed E-state index contributed by atoms with van der Waals surface area (Å²) in [4.78, 5) is 14.3. The molecule has 0 aliphatic carbocycles. The lowest BCUT2D eigenvalue weighted by Gasteiger charge is -2.20. The standard InChI is InChI=1S/C16H26N2O/c1-4-11-18(12-5-2)13-16(19)17-15-10-8-7-9-14(15)6-3/h7-10H,4-6,11-13H2,1-3H3,(H,17,19). The molecule has 0 radical (unpaired) electrons. The monoisotopic (exact) mass is 262 g/mol. The summed E-state index contributed by atoms with van der Waals surface area (Å²) in [5, 5.41) is 3.03. The van der Waals surface area contributed by atoms with E-state index in [0.717, 1.165) is 38.0 Å². The summed E-state index contributed by atoms with van der Waals surface area (Å²) in [6.07, 6.45) is 3.10. The van der Waals surface area contributed by atoms with Crippen LogP contribution in [0.1, 0.15) is 39.2 Å². The van der Waals surface area contributed by atoms with Gasteiger partial charge in [-0.1, -0.05) is 39.0 Å². The van der Waals surface area contributed by atoms with E-state index in [1.807, 2.05) is 18.2 Å². The molecular formula is C16H26N2O. The number of hydrogen-bond donors (Lipinski definition) is 1. The van der Waals surface area contributed by atoms with E-state index < -0.39 is 0 Å². The highest BCUT2D eigenvalue weighted by Crippen LogP contribution is 2.15. The minimum atomic E-state index is 0.0859. The van der Waals surface area contributed by atoms with E-state index in [-0.39, 0.29) is 5.91 Å². The molecular weight excluding hydrogens is 236 g/mol. The van der Waals surface area contributed by atoms with Crippen LogP contribution in [-0.4, -0.2) is 30.4 Å². The second-order valence-electron chi connectivity index (χ2n) is 4.84. The minimum absolute atomic E-state index is 0.0859. The van der Waals surface area contributed by atoms with E-state index in [2.05, 4.69) is 37.1 Å². The predicted molar refractivity (Wildman–Crippen MR) is 81.5 cm³/mol. The van der Waals surface area contributed by atoms with Crippen molar-refractivity contribution in [3.8, 4) is 0 Å². The summed E-state index contributed by atoms with van der Waals surface area (Å²) in [6.45, 7) is 8.85. The number of hydrogen-bond acceptors (Lipinski definition) is 2. The fourth-order valence-electron chi connectivity index (χ4n) is 2.25. The van der Waals surface area contributed by atoms with Gasteiger partial charge in [0.05, 0.1) is 6.54 Å². The molecule has 1 rings (SSSR count). The first-order chi connectivity index (χ1) is 9.21. The minimum Gasteiger partial charge on any atom is -0.325 e. The summed E-state index contributed by atoms with van der Waals surface area (Å²) < 4.78 is 0. The fraction of sp³-hybridized carbons (Fsp3) is 0.562. The van der Waals surface area contributed by atoms with Crippen LogP contribution in [-0.2, 0) is 11.2 Å². The number of nitrogens with one attached hydrogen (secondary N) is 1. The van der Waals surface area contributed by atoms with Gasteiger partial charge < -0.3 is 5.32 Å². The summed E-state index contributed by atoms with van der Waals surface area (Å²) in [5.74, 6) is 0.0859. The zero-order valence-electron chi connectivity index (χ0n) is 12.4. The van der Waals surface area contributed by atoms with Crippen LogP contribution in [0.3, 0.4) is 0 Å². The maximum Gasteiger partial charge on any atom is 0.238 e. The van der Waals surface area contributed by atoms with Gasteiger partial charge in [-0.15, -0.1) is 0 Å². The zero-order chi connectivity index (χ0) is 14.1. The molecule has 106 valence electrons. The first kappa shape index (κ1) is 15.7. The van der Waals surface area contributed by atoms with Crippen molar-refractivity contribution in [2.45, 2.75) is 40.0 Å². The Morgan fingerprint density at radius 3 is 2.32 bits per heavy atom. The third-order valence-electron chi connectivity index (χ3n) is 3.12. The van der Waals surface area contributed by atoms with Crippen LogP contribution in [0.4, 0.5) is 5.69 Å². The lowest BCUT2D eigenvalue weighted by molar-refractivity contribution is -0.117. The second-order valence-corrected chi connectivity index (χ2v) is 4.84. The third kappa shape index (κ3) is 5.43. The number of amides is 1. The van der Waals surface area contributed by atoms with E-state index in [0.29, 0.717) is 6.54 Å². The van der Waals surface area contributed by atoms with Crippen molar-refractivity contribution in [1.29, 1.82) is 0 Å². The Hall–Kier alpha value is -1.35. The van der Waals surface area contributed by atoms with E-state index >= 15 is 0 Å². The Labute approximate surface area is 117 Å². The molecule has 0 aliphatic heterocycles. The molecule has 1 amide bonds. The quantitative estimate of drug-likeness (QED) is 0.779. The molecule has 19 heavy (non-hydrogen) atoms. The van der Waals surface area contributed by atoms with Crippen LogP contribution >= 0.6 is 0 Å². The Kier molecular flexibility index (Phi) is 7.19. The maximum absolute atomic E-state index is 12.1. The topological polar surface area (TPSA) is 32.3 Å². The summed E-state index contributed by atoms with van der Waals surface area (Å²) >= 11 is 0. The van der Waals surface area contributed by atoms with Crippen LogP contribution in [0.15, 0.2) is 24.3 Å². The van der Waals surface area contributed by atoms with Gasteiger partial charge in [0.2, 0.25) is 5.91 Å². The number of aryl methyl sites for hydroxylation is 1. The molecule has 0 saturated carbocycles. The van der Waals surface area contributed by atoms with Gasteiger partial charge in [-0.25, -0.2) is 0 Å². The third-order valence-corrected chi connectivity index (χ3v) is 3.12. The van der Waals surface area contributed by atoms with E-state index in [4.69, 9.17) is 0 Å². The molecule has 0 aliphatic rings. The molecule has 1 N–H and O–H groups in total. The molecule has 3 heteroatoms. The maximum atomic E-state index is 12.1. The van der Waals surface area contributed by atoms with Crippen molar-refractivity contribution in [3.05, 3.63) is 29.8 Å².